The molecule has 8 heteroatoms. The summed E-state index contributed by atoms with van der Waals surface area (Å²) in [6, 6.07) is 3.35. The standard InChI is InChI=1S/C15H23N5O3/c1-15(2,3)23-14(22)20-8-6-19(7-9-20)11-5-4-10(16)12(18-11)13(17)21/h4-5H,6-9,16H2,1-3H3,(H2,17,21). The molecule has 0 radical (unpaired) electrons. The van der Waals surface area contributed by atoms with Gasteiger partial charge in [0.1, 0.15) is 11.4 Å². The van der Waals surface area contributed by atoms with E-state index in [0.29, 0.717) is 32.0 Å². The fourth-order valence-electron chi connectivity index (χ4n) is 2.28. The smallest absolute Gasteiger partial charge is 0.410 e. The molecule has 1 aromatic rings. The number of nitrogens with zero attached hydrogens (tertiary/aromatic N) is 3. The molecule has 0 bridgehead atoms. The number of anilines is 2. The van der Waals surface area contributed by atoms with Crippen molar-refractivity contribution in [3.63, 3.8) is 0 Å². The molecule has 8 nitrogen and oxygen atoms in total. The molecule has 1 aromatic heterocycles. The Hall–Kier alpha value is -2.51. The number of carbonyl (C=O) groups is 2. The van der Waals surface area contributed by atoms with Crippen molar-refractivity contribution >= 4 is 23.5 Å². The second-order valence-corrected chi connectivity index (χ2v) is 6.43. The van der Waals surface area contributed by atoms with E-state index in [9.17, 15) is 9.59 Å². The van der Waals surface area contributed by atoms with Gasteiger partial charge in [-0.3, -0.25) is 4.79 Å². The van der Waals surface area contributed by atoms with Crippen LogP contribution in [0.3, 0.4) is 0 Å². The molecule has 2 heterocycles. The van der Waals surface area contributed by atoms with Crippen LogP contribution in [0.25, 0.3) is 0 Å². The van der Waals surface area contributed by atoms with Crippen LogP contribution in [0.5, 0.6) is 0 Å². The number of rotatable bonds is 2. The van der Waals surface area contributed by atoms with E-state index in [-0.39, 0.29) is 17.5 Å². The largest absolute Gasteiger partial charge is 0.444 e. The first-order valence-corrected chi connectivity index (χ1v) is 7.46. The van der Waals surface area contributed by atoms with E-state index in [1.165, 1.54) is 0 Å². The van der Waals surface area contributed by atoms with Gasteiger partial charge in [0.05, 0.1) is 5.69 Å². The number of aromatic nitrogens is 1. The lowest BCUT2D eigenvalue weighted by molar-refractivity contribution is 0.0240. The number of pyridine rings is 1. The quantitative estimate of drug-likeness (QED) is 0.833. The first-order valence-electron chi connectivity index (χ1n) is 7.46. The molecule has 1 saturated heterocycles. The molecular weight excluding hydrogens is 298 g/mol. The van der Waals surface area contributed by atoms with Crippen LogP contribution in [-0.4, -0.2) is 53.7 Å². The number of ether oxygens (including phenoxy) is 1. The van der Waals surface area contributed by atoms with Gasteiger partial charge in [0.25, 0.3) is 5.91 Å². The van der Waals surface area contributed by atoms with Crippen LogP contribution >= 0.6 is 0 Å². The number of amides is 2. The Morgan fingerprint density at radius 1 is 1.17 bits per heavy atom. The van der Waals surface area contributed by atoms with Crippen molar-refractivity contribution in [3.05, 3.63) is 17.8 Å². The molecule has 2 amide bonds. The molecule has 1 fully saturated rings. The maximum Gasteiger partial charge on any atom is 0.410 e. The van der Waals surface area contributed by atoms with Gasteiger partial charge in [0.2, 0.25) is 0 Å². The Kier molecular flexibility index (Phi) is 4.63. The number of nitrogen functional groups attached to an aromatic ring is 1. The topological polar surface area (TPSA) is 115 Å². The summed E-state index contributed by atoms with van der Waals surface area (Å²) in [5.41, 5.74) is 10.8. The Bertz CT molecular complexity index is 604. The summed E-state index contributed by atoms with van der Waals surface area (Å²) in [5, 5.41) is 0. The Balaban J connectivity index is 2.01. The summed E-state index contributed by atoms with van der Waals surface area (Å²) in [5.74, 6) is -0.0337. The van der Waals surface area contributed by atoms with E-state index in [2.05, 4.69) is 4.98 Å². The average molecular weight is 321 g/mol. The fourth-order valence-corrected chi connectivity index (χ4v) is 2.28. The van der Waals surface area contributed by atoms with Gasteiger partial charge in [0.15, 0.2) is 5.69 Å². The summed E-state index contributed by atoms with van der Waals surface area (Å²) in [7, 11) is 0. The van der Waals surface area contributed by atoms with Crippen molar-refractivity contribution in [1.82, 2.24) is 9.88 Å². The third-order valence-electron chi connectivity index (χ3n) is 3.40. The maximum atomic E-state index is 12.0. The van der Waals surface area contributed by atoms with Crippen LogP contribution in [0.15, 0.2) is 12.1 Å². The number of hydrogen-bond donors (Lipinski definition) is 2. The second-order valence-electron chi connectivity index (χ2n) is 6.43. The van der Waals surface area contributed by atoms with Crippen LogP contribution in [0.1, 0.15) is 31.3 Å². The van der Waals surface area contributed by atoms with E-state index in [1.807, 2.05) is 25.7 Å². The highest BCUT2D eigenvalue weighted by Gasteiger charge is 2.26. The summed E-state index contributed by atoms with van der Waals surface area (Å²) in [6.45, 7) is 7.74. The molecule has 2 rings (SSSR count). The predicted octanol–water partition coefficient (Wildman–Crippen LogP) is 0.820. The molecule has 4 N–H and O–H groups in total. The molecule has 23 heavy (non-hydrogen) atoms. The van der Waals surface area contributed by atoms with E-state index >= 15 is 0 Å². The van der Waals surface area contributed by atoms with Gasteiger partial charge in [-0.25, -0.2) is 9.78 Å². The molecule has 0 atom stereocenters. The number of hydrogen-bond acceptors (Lipinski definition) is 6. The number of carbonyl (C=O) groups excluding carboxylic acids is 2. The maximum absolute atomic E-state index is 12.0. The third kappa shape index (κ3) is 4.24. The second kappa shape index (κ2) is 6.31. The van der Waals surface area contributed by atoms with Gasteiger partial charge in [-0.15, -0.1) is 0 Å². The van der Waals surface area contributed by atoms with Crippen molar-refractivity contribution in [3.8, 4) is 0 Å². The van der Waals surface area contributed by atoms with Gasteiger partial charge in [-0.2, -0.15) is 0 Å². The van der Waals surface area contributed by atoms with E-state index in [1.54, 1.807) is 17.0 Å². The molecule has 1 aliphatic rings. The van der Waals surface area contributed by atoms with Crippen LogP contribution in [0, 0.1) is 0 Å². The molecule has 0 spiro atoms. The summed E-state index contributed by atoms with van der Waals surface area (Å²) in [6.07, 6.45) is -0.319. The molecule has 126 valence electrons. The van der Waals surface area contributed by atoms with Gasteiger partial charge in [-0.05, 0) is 32.9 Å². The van der Waals surface area contributed by atoms with Gasteiger partial charge in [-0.1, -0.05) is 0 Å². The average Bonchev–Trinajstić information content (AvgIpc) is 2.46. The lowest BCUT2D eigenvalue weighted by atomic mass is 10.2. The lowest BCUT2D eigenvalue weighted by Crippen LogP contribution is -2.50. The zero-order valence-electron chi connectivity index (χ0n) is 13.7. The van der Waals surface area contributed by atoms with Crippen LogP contribution < -0.4 is 16.4 Å². The highest BCUT2D eigenvalue weighted by atomic mass is 16.6. The van der Waals surface area contributed by atoms with Crippen molar-refractivity contribution in [1.29, 1.82) is 0 Å². The summed E-state index contributed by atoms with van der Waals surface area (Å²) >= 11 is 0. The number of primary amides is 1. The zero-order chi connectivity index (χ0) is 17.2. The van der Waals surface area contributed by atoms with Gasteiger partial charge < -0.3 is 26.0 Å². The van der Waals surface area contributed by atoms with Gasteiger partial charge in [0, 0.05) is 26.2 Å². The van der Waals surface area contributed by atoms with Crippen molar-refractivity contribution in [2.24, 2.45) is 5.73 Å². The molecule has 1 aliphatic heterocycles. The molecule has 0 aliphatic carbocycles. The Morgan fingerprint density at radius 3 is 2.30 bits per heavy atom. The number of piperazine rings is 1. The zero-order valence-corrected chi connectivity index (χ0v) is 13.7. The SMILES string of the molecule is CC(C)(C)OC(=O)N1CCN(c2ccc(N)c(C(N)=O)n2)CC1. The van der Waals surface area contributed by atoms with Crippen LogP contribution in [-0.2, 0) is 4.74 Å². The van der Waals surface area contributed by atoms with Crippen LogP contribution in [0.2, 0.25) is 0 Å². The van der Waals surface area contributed by atoms with Crippen LogP contribution in [0.4, 0.5) is 16.3 Å². The molecular formula is C15H23N5O3. The normalized spacial score (nSPS) is 15.4. The van der Waals surface area contributed by atoms with Gasteiger partial charge >= 0.3 is 6.09 Å². The highest BCUT2D eigenvalue weighted by molar-refractivity contribution is 5.96. The Labute approximate surface area is 135 Å². The minimum atomic E-state index is -0.656. The highest BCUT2D eigenvalue weighted by Crippen LogP contribution is 2.19. The fraction of sp³-hybridized carbons (Fsp3) is 0.533. The van der Waals surface area contributed by atoms with Crippen molar-refractivity contribution in [2.45, 2.75) is 26.4 Å². The first-order chi connectivity index (χ1) is 10.7. The summed E-state index contributed by atoms with van der Waals surface area (Å²) in [4.78, 5) is 31.2. The monoisotopic (exact) mass is 321 g/mol. The Morgan fingerprint density at radius 2 is 1.78 bits per heavy atom. The van der Waals surface area contributed by atoms with E-state index in [4.69, 9.17) is 16.2 Å². The summed E-state index contributed by atoms with van der Waals surface area (Å²) < 4.78 is 5.36. The molecule has 0 aromatic carbocycles. The molecule has 0 unspecified atom stereocenters. The third-order valence-corrected chi connectivity index (χ3v) is 3.40. The minimum absolute atomic E-state index is 0.0667. The van der Waals surface area contributed by atoms with E-state index in [0.717, 1.165) is 0 Å². The first kappa shape index (κ1) is 16.9. The number of nitrogens with two attached hydrogens (primary N) is 2. The minimum Gasteiger partial charge on any atom is -0.444 e. The lowest BCUT2D eigenvalue weighted by Gasteiger charge is -2.36. The van der Waals surface area contributed by atoms with E-state index < -0.39 is 11.5 Å². The predicted molar refractivity (Wildman–Crippen MR) is 87.2 cm³/mol. The molecule has 0 saturated carbocycles. The van der Waals surface area contributed by atoms with Crippen molar-refractivity contribution < 1.29 is 14.3 Å². The van der Waals surface area contributed by atoms with Crippen molar-refractivity contribution in [2.75, 3.05) is 36.8 Å².